The lowest BCUT2D eigenvalue weighted by atomic mass is 10.1. The summed E-state index contributed by atoms with van der Waals surface area (Å²) in [5.41, 5.74) is 0.440. The van der Waals surface area contributed by atoms with Crippen molar-refractivity contribution >= 4 is 31.9 Å². The molecule has 0 saturated heterocycles. The SMILES string of the molecule is Cc1cc(C(=O)O)cc(S(=O)(=O)N(C)CCC(C)O)c1Br. The highest BCUT2D eigenvalue weighted by atomic mass is 79.9. The molecule has 21 heavy (non-hydrogen) atoms. The van der Waals surface area contributed by atoms with E-state index in [-0.39, 0.29) is 17.0 Å². The maximum atomic E-state index is 12.5. The molecule has 1 unspecified atom stereocenters. The normalized spacial score (nSPS) is 13.4. The molecule has 1 rings (SSSR count). The second kappa shape index (κ2) is 6.87. The molecule has 8 heteroatoms. The van der Waals surface area contributed by atoms with Gasteiger partial charge in [0.25, 0.3) is 0 Å². The maximum Gasteiger partial charge on any atom is 0.335 e. The zero-order valence-electron chi connectivity index (χ0n) is 12.0. The van der Waals surface area contributed by atoms with Crippen LogP contribution in [-0.2, 0) is 10.0 Å². The number of hydrogen-bond donors (Lipinski definition) is 2. The second-order valence-corrected chi connectivity index (χ2v) is 7.68. The van der Waals surface area contributed by atoms with Crippen molar-refractivity contribution in [1.29, 1.82) is 0 Å². The van der Waals surface area contributed by atoms with Crippen molar-refractivity contribution in [2.75, 3.05) is 13.6 Å². The molecule has 118 valence electrons. The fourth-order valence-electron chi connectivity index (χ4n) is 1.71. The third kappa shape index (κ3) is 4.26. The molecule has 0 radical (unpaired) electrons. The maximum absolute atomic E-state index is 12.5. The lowest BCUT2D eigenvalue weighted by Gasteiger charge is -2.19. The Balaban J connectivity index is 3.27. The first kappa shape index (κ1) is 18.1. The van der Waals surface area contributed by atoms with Crippen LogP contribution in [0.25, 0.3) is 0 Å². The first-order chi connectivity index (χ1) is 9.57. The highest BCUT2D eigenvalue weighted by molar-refractivity contribution is 9.10. The van der Waals surface area contributed by atoms with E-state index in [0.29, 0.717) is 16.5 Å². The number of sulfonamides is 1. The van der Waals surface area contributed by atoms with Gasteiger partial charge >= 0.3 is 5.97 Å². The summed E-state index contributed by atoms with van der Waals surface area (Å²) in [5, 5.41) is 18.3. The van der Waals surface area contributed by atoms with Crippen LogP contribution in [0.1, 0.15) is 29.3 Å². The number of aliphatic hydroxyl groups is 1. The van der Waals surface area contributed by atoms with Crippen molar-refractivity contribution in [3.05, 3.63) is 27.7 Å². The zero-order valence-corrected chi connectivity index (χ0v) is 14.4. The summed E-state index contributed by atoms with van der Waals surface area (Å²) < 4.78 is 26.5. The van der Waals surface area contributed by atoms with E-state index in [1.807, 2.05) is 0 Å². The van der Waals surface area contributed by atoms with Crippen molar-refractivity contribution in [2.45, 2.75) is 31.3 Å². The Labute approximate surface area is 132 Å². The number of carboxylic acid groups (broad SMARTS) is 1. The molecule has 0 aliphatic heterocycles. The summed E-state index contributed by atoms with van der Waals surface area (Å²) in [6, 6.07) is 2.54. The van der Waals surface area contributed by atoms with Gasteiger partial charge in [-0.3, -0.25) is 0 Å². The van der Waals surface area contributed by atoms with Crippen LogP contribution in [0.2, 0.25) is 0 Å². The van der Waals surface area contributed by atoms with E-state index in [2.05, 4.69) is 15.9 Å². The minimum absolute atomic E-state index is 0.0850. The molecule has 1 aromatic carbocycles. The van der Waals surface area contributed by atoms with Gasteiger partial charge in [-0.2, -0.15) is 0 Å². The highest BCUT2D eigenvalue weighted by Crippen LogP contribution is 2.29. The number of halogens is 1. The van der Waals surface area contributed by atoms with Crippen LogP contribution in [0, 0.1) is 6.92 Å². The molecule has 0 fully saturated rings. The summed E-state index contributed by atoms with van der Waals surface area (Å²) in [6.45, 7) is 3.35. The molecule has 0 saturated carbocycles. The van der Waals surface area contributed by atoms with Gasteiger partial charge in [0.15, 0.2) is 0 Å². The summed E-state index contributed by atoms with van der Waals surface area (Å²) in [5.74, 6) is -1.19. The number of carboxylic acids is 1. The first-order valence-electron chi connectivity index (χ1n) is 6.25. The van der Waals surface area contributed by atoms with Crippen molar-refractivity contribution in [3.8, 4) is 0 Å². The minimum atomic E-state index is -3.83. The van der Waals surface area contributed by atoms with E-state index < -0.39 is 22.1 Å². The van der Waals surface area contributed by atoms with Crippen LogP contribution in [0.5, 0.6) is 0 Å². The molecule has 0 aliphatic carbocycles. The standard InChI is InChI=1S/C13H18BrNO5S/c1-8-6-10(13(17)18)7-11(12(8)14)21(19,20)15(3)5-4-9(2)16/h6-7,9,16H,4-5H2,1-3H3,(H,17,18). The van der Waals surface area contributed by atoms with Gasteiger partial charge in [0.05, 0.1) is 16.6 Å². The Kier molecular flexibility index (Phi) is 5.92. The third-order valence-corrected chi connectivity index (χ3v) is 6.21. The van der Waals surface area contributed by atoms with Gasteiger partial charge < -0.3 is 10.2 Å². The van der Waals surface area contributed by atoms with Crippen LogP contribution < -0.4 is 0 Å². The number of aliphatic hydroxyl groups excluding tert-OH is 1. The molecule has 0 amide bonds. The number of nitrogens with zero attached hydrogens (tertiary/aromatic N) is 1. The van der Waals surface area contributed by atoms with E-state index in [1.165, 1.54) is 13.1 Å². The van der Waals surface area contributed by atoms with Crippen molar-refractivity contribution in [3.63, 3.8) is 0 Å². The molecule has 0 heterocycles. The summed E-state index contributed by atoms with van der Waals surface area (Å²) in [6.07, 6.45) is -0.316. The molecule has 0 bridgehead atoms. The van der Waals surface area contributed by atoms with E-state index >= 15 is 0 Å². The topological polar surface area (TPSA) is 94.9 Å². The molecular weight excluding hydrogens is 362 g/mol. The van der Waals surface area contributed by atoms with E-state index in [9.17, 15) is 18.3 Å². The predicted octanol–water partition coefficient (Wildman–Crippen LogP) is 1.85. The molecule has 0 aliphatic rings. The Morgan fingerprint density at radius 1 is 1.43 bits per heavy atom. The van der Waals surface area contributed by atoms with Gasteiger partial charge in [-0.05, 0) is 53.9 Å². The van der Waals surface area contributed by atoms with E-state index in [4.69, 9.17) is 5.11 Å². The number of carbonyl (C=O) groups is 1. The first-order valence-corrected chi connectivity index (χ1v) is 8.48. The summed E-state index contributed by atoms with van der Waals surface area (Å²) >= 11 is 3.20. The van der Waals surface area contributed by atoms with Crippen LogP contribution in [-0.4, -0.2) is 48.6 Å². The van der Waals surface area contributed by atoms with Gasteiger partial charge in [-0.15, -0.1) is 0 Å². The average Bonchev–Trinajstić information content (AvgIpc) is 2.38. The molecular formula is C13H18BrNO5S. The molecule has 0 aromatic heterocycles. The van der Waals surface area contributed by atoms with Gasteiger partial charge in [-0.1, -0.05) is 0 Å². The quantitative estimate of drug-likeness (QED) is 0.786. The average molecular weight is 380 g/mol. The van der Waals surface area contributed by atoms with Crippen molar-refractivity contribution < 1.29 is 23.4 Å². The lowest BCUT2D eigenvalue weighted by Crippen LogP contribution is -2.30. The van der Waals surface area contributed by atoms with Gasteiger partial charge in [0.1, 0.15) is 0 Å². The van der Waals surface area contributed by atoms with E-state index in [0.717, 1.165) is 10.4 Å². The fraction of sp³-hybridized carbons (Fsp3) is 0.462. The van der Waals surface area contributed by atoms with Crippen molar-refractivity contribution in [1.82, 2.24) is 4.31 Å². The van der Waals surface area contributed by atoms with Gasteiger partial charge in [0.2, 0.25) is 10.0 Å². The predicted molar refractivity (Wildman–Crippen MR) is 82.0 cm³/mol. The van der Waals surface area contributed by atoms with Crippen LogP contribution >= 0.6 is 15.9 Å². The van der Waals surface area contributed by atoms with E-state index in [1.54, 1.807) is 13.8 Å². The largest absolute Gasteiger partial charge is 0.478 e. The molecule has 1 atom stereocenters. The van der Waals surface area contributed by atoms with Crippen LogP contribution in [0.3, 0.4) is 0 Å². The Morgan fingerprint density at radius 2 is 2.00 bits per heavy atom. The van der Waals surface area contributed by atoms with Crippen LogP contribution in [0.4, 0.5) is 0 Å². The zero-order chi connectivity index (χ0) is 16.4. The molecule has 0 spiro atoms. The number of aryl methyl sites for hydroxylation is 1. The number of rotatable bonds is 6. The molecule has 1 aromatic rings. The lowest BCUT2D eigenvalue weighted by molar-refractivity contribution is 0.0696. The number of hydrogen-bond acceptors (Lipinski definition) is 4. The highest BCUT2D eigenvalue weighted by Gasteiger charge is 2.26. The van der Waals surface area contributed by atoms with Gasteiger partial charge in [-0.25, -0.2) is 17.5 Å². The third-order valence-electron chi connectivity index (χ3n) is 3.02. The number of benzene rings is 1. The van der Waals surface area contributed by atoms with Crippen LogP contribution in [0.15, 0.2) is 21.5 Å². The minimum Gasteiger partial charge on any atom is -0.478 e. The summed E-state index contributed by atoms with van der Waals surface area (Å²) in [4.78, 5) is 11.0. The van der Waals surface area contributed by atoms with Crippen molar-refractivity contribution in [2.24, 2.45) is 0 Å². The monoisotopic (exact) mass is 379 g/mol. The fourth-order valence-corrected chi connectivity index (χ4v) is 3.89. The Bertz CT molecular complexity index is 642. The smallest absolute Gasteiger partial charge is 0.335 e. The molecule has 2 N–H and O–H groups in total. The Morgan fingerprint density at radius 3 is 2.48 bits per heavy atom. The van der Waals surface area contributed by atoms with Gasteiger partial charge in [0, 0.05) is 18.1 Å². The molecule has 6 nitrogen and oxygen atoms in total. The summed E-state index contributed by atoms with van der Waals surface area (Å²) in [7, 11) is -2.44. The Hall–Kier alpha value is -0.960. The number of aromatic carboxylic acids is 1. The second-order valence-electron chi connectivity index (χ2n) is 4.87.